The van der Waals surface area contributed by atoms with Gasteiger partial charge in [-0.25, -0.2) is 4.98 Å². The summed E-state index contributed by atoms with van der Waals surface area (Å²) >= 11 is 18.6. The van der Waals surface area contributed by atoms with Crippen molar-refractivity contribution in [2.45, 2.75) is 63.6 Å². The monoisotopic (exact) mass is 616 g/mol. The third-order valence-corrected chi connectivity index (χ3v) is 10.8. The maximum Gasteiger partial charge on any atom is 0.145 e. The molecule has 0 radical (unpaired) electrons. The second-order valence-electron chi connectivity index (χ2n) is 11.0. The maximum atomic E-state index is 6.67. The van der Waals surface area contributed by atoms with E-state index in [1.165, 1.54) is 16.1 Å². The fraction of sp³-hybridized carbons (Fsp3) is 0.448. The number of halogens is 3. The molecule has 2 aromatic heterocycles. The summed E-state index contributed by atoms with van der Waals surface area (Å²) in [5.74, 6) is 3.77. The topological polar surface area (TPSA) is 48.2 Å². The summed E-state index contributed by atoms with van der Waals surface area (Å²) in [6.45, 7) is 2.89. The lowest BCUT2D eigenvalue weighted by molar-refractivity contribution is -0.00948. The van der Waals surface area contributed by atoms with E-state index in [9.17, 15) is 0 Å². The van der Waals surface area contributed by atoms with Crippen molar-refractivity contribution in [3.05, 3.63) is 67.2 Å². The Balaban J connectivity index is 1.13. The maximum absolute atomic E-state index is 6.67. The molecule has 2 heterocycles. The van der Waals surface area contributed by atoms with Crippen LogP contribution in [0.1, 0.15) is 67.2 Å². The number of benzene rings is 2. The Hall–Kier alpha value is -1.44. The first-order valence-corrected chi connectivity index (χ1v) is 15.4. The minimum atomic E-state index is 0.219. The van der Waals surface area contributed by atoms with E-state index in [0.29, 0.717) is 46.2 Å². The predicted molar refractivity (Wildman–Crippen MR) is 153 cm³/mol. The highest BCUT2D eigenvalue weighted by atomic mass is 79.9. The van der Waals surface area contributed by atoms with Crippen LogP contribution in [0.4, 0.5) is 0 Å². The van der Waals surface area contributed by atoms with Gasteiger partial charge in [0.25, 0.3) is 0 Å². The summed E-state index contributed by atoms with van der Waals surface area (Å²) in [6.07, 6.45) is 5.85. The summed E-state index contributed by atoms with van der Waals surface area (Å²) < 4.78 is 14.9. The van der Waals surface area contributed by atoms with Crippen LogP contribution in [-0.2, 0) is 11.3 Å². The molecule has 3 aliphatic carbocycles. The first-order chi connectivity index (χ1) is 18.0. The molecule has 2 aromatic carbocycles. The highest BCUT2D eigenvalue weighted by Crippen LogP contribution is 2.56. The number of hydrogen-bond donors (Lipinski definition) is 0. The highest BCUT2D eigenvalue weighted by Gasteiger charge is 2.49. The number of hydrogen-bond acceptors (Lipinski definition) is 5. The van der Waals surface area contributed by atoms with Crippen LogP contribution < -0.4 is 0 Å². The summed E-state index contributed by atoms with van der Waals surface area (Å²) in [7, 11) is 0. The summed E-state index contributed by atoms with van der Waals surface area (Å²) in [5, 5.41) is 6.90. The molecule has 5 unspecified atom stereocenters. The van der Waals surface area contributed by atoms with Gasteiger partial charge in [0, 0.05) is 27.4 Å². The fourth-order valence-electron chi connectivity index (χ4n) is 6.69. The van der Waals surface area contributed by atoms with E-state index in [2.05, 4.69) is 46.2 Å². The molecule has 0 aliphatic heterocycles. The van der Waals surface area contributed by atoms with Crippen molar-refractivity contribution in [3.63, 3.8) is 0 Å². The molecular weight excluding hydrogens is 591 g/mol. The molecule has 0 N–H and O–H groups in total. The molecule has 3 saturated carbocycles. The number of ether oxygens (including phenoxy) is 1. The lowest BCUT2D eigenvalue weighted by Gasteiger charge is -2.35. The zero-order chi connectivity index (χ0) is 25.3. The van der Waals surface area contributed by atoms with Gasteiger partial charge in [-0.1, -0.05) is 57.3 Å². The van der Waals surface area contributed by atoms with E-state index < -0.39 is 0 Å². The van der Waals surface area contributed by atoms with Crippen molar-refractivity contribution in [1.29, 1.82) is 0 Å². The van der Waals surface area contributed by atoms with Gasteiger partial charge in [-0.2, -0.15) is 0 Å². The van der Waals surface area contributed by atoms with Gasteiger partial charge in [0.1, 0.15) is 11.5 Å². The molecule has 3 aliphatic rings. The Morgan fingerprint density at radius 1 is 1.11 bits per heavy atom. The molecule has 4 aromatic rings. The Kier molecular flexibility index (Phi) is 6.40. The molecule has 4 nitrogen and oxygen atoms in total. The van der Waals surface area contributed by atoms with E-state index in [4.69, 9.17) is 37.4 Å². The van der Waals surface area contributed by atoms with Gasteiger partial charge >= 0.3 is 0 Å². The number of fused-ring (bicyclic) bond motifs is 3. The molecule has 0 spiro atoms. The van der Waals surface area contributed by atoms with Crippen LogP contribution in [0.15, 0.2) is 45.4 Å². The quantitative estimate of drug-likeness (QED) is 0.216. The van der Waals surface area contributed by atoms with Crippen molar-refractivity contribution in [2.24, 2.45) is 17.8 Å². The van der Waals surface area contributed by atoms with Crippen LogP contribution in [-0.4, -0.2) is 16.2 Å². The Bertz CT molecular complexity index is 1460. The second kappa shape index (κ2) is 9.63. The molecule has 192 valence electrons. The Morgan fingerprint density at radius 3 is 2.68 bits per heavy atom. The number of thiazole rings is 1. The van der Waals surface area contributed by atoms with E-state index in [-0.39, 0.29) is 6.10 Å². The summed E-state index contributed by atoms with van der Waals surface area (Å²) in [4.78, 5) is 5.08. The van der Waals surface area contributed by atoms with Crippen LogP contribution in [0.5, 0.6) is 0 Å². The third kappa shape index (κ3) is 4.47. The first-order valence-electron chi connectivity index (χ1n) is 13.1. The zero-order valence-electron chi connectivity index (χ0n) is 20.4. The van der Waals surface area contributed by atoms with E-state index in [1.54, 1.807) is 0 Å². The minimum absolute atomic E-state index is 0.219. The lowest BCUT2D eigenvalue weighted by Crippen LogP contribution is -2.30. The van der Waals surface area contributed by atoms with Crippen molar-refractivity contribution >= 4 is 60.7 Å². The SMILES string of the molecule is CC1CC2CC(OCc3c(-c4c(Cl)cccc4Cl)noc3C3CC3)CC1C2c1nc2ccc(Br)cc2s1. The summed E-state index contributed by atoms with van der Waals surface area (Å²) in [6, 6.07) is 11.9. The summed E-state index contributed by atoms with van der Waals surface area (Å²) in [5.41, 5.74) is 3.58. The number of rotatable bonds is 6. The van der Waals surface area contributed by atoms with Crippen LogP contribution in [0.3, 0.4) is 0 Å². The molecule has 2 bridgehead atoms. The van der Waals surface area contributed by atoms with Crippen molar-refractivity contribution < 1.29 is 9.26 Å². The van der Waals surface area contributed by atoms with Gasteiger partial charge < -0.3 is 9.26 Å². The third-order valence-electron chi connectivity index (χ3n) is 8.56. The number of nitrogens with zero attached hydrogens (tertiary/aromatic N) is 2. The van der Waals surface area contributed by atoms with Gasteiger partial charge in [-0.05, 0) is 80.2 Å². The number of aromatic nitrogens is 2. The molecule has 0 saturated heterocycles. The van der Waals surface area contributed by atoms with Gasteiger partial charge in [0.15, 0.2) is 0 Å². The predicted octanol–water partition coefficient (Wildman–Crippen LogP) is 9.63. The smallest absolute Gasteiger partial charge is 0.145 e. The molecular formula is C29H27BrCl2N2O2S. The normalized spacial score (nSPS) is 27.3. The van der Waals surface area contributed by atoms with Crippen LogP contribution >= 0.6 is 50.5 Å². The molecule has 3 fully saturated rings. The lowest BCUT2D eigenvalue weighted by atomic mass is 9.76. The van der Waals surface area contributed by atoms with Crippen LogP contribution in [0.2, 0.25) is 10.0 Å². The standard InChI is InChI=1S/C29H27BrCl2N2O2S/c1-14-9-16-10-18(12-19(14)25(16)29-33-23-8-7-17(30)11-24(23)37-29)35-13-20-27(34-36-28(20)15-5-6-15)26-21(31)3-2-4-22(26)32/h2-4,7-8,11,14-16,18-19,25H,5-6,9-10,12-13H2,1H3. The Morgan fingerprint density at radius 2 is 1.92 bits per heavy atom. The first kappa shape index (κ1) is 24.6. The highest BCUT2D eigenvalue weighted by molar-refractivity contribution is 9.10. The second-order valence-corrected chi connectivity index (χ2v) is 13.8. The molecule has 5 atom stereocenters. The van der Waals surface area contributed by atoms with Gasteiger partial charge in [-0.3, -0.25) is 0 Å². The van der Waals surface area contributed by atoms with Gasteiger partial charge in [0.2, 0.25) is 0 Å². The zero-order valence-corrected chi connectivity index (χ0v) is 24.3. The van der Waals surface area contributed by atoms with Crippen LogP contribution in [0, 0.1) is 17.8 Å². The van der Waals surface area contributed by atoms with Crippen molar-refractivity contribution in [3.8, 4) is 11.3 Å². The molecule has 8 heteroatoms. The van der Waals surface area contributed by atoms with Gasteiger partial charge in [0.05, 0.1) is 38.0 Å². The molecule has 0 amide bonds. The van der Waals surface area contributed by atoms with E-state index in [0.717, 1.165) is 58.3 Å². The van der Waals surface area contributed by atoms with E-state index in [1.807, 2.05) is 29.5 Å². The molecule has 37 heavy (non-hydrogen) atoms. The molecule has 7 rings (SSSR count). The average molecular weight is 618 g/mol. The van der Waals surface area contributed by atoms with Crippen molar-refractivity contribution in [1.82, 2.24) is 10.1 Å². The van der Waals surface area contributed by atoms with E-state index >= 15 is 0 Å². The average Bonchev–Trinajstić information content (AvgIpc) is 3.44. The largest absolute Gasteiger partial charge is 0.373 e. The van der Waals surface area contributed by atoms with Gasteiger partial charge in [-0.15, -0.1) is 11.3 Å². The fourth-order valence-corrected chi connectivity index (χ4v) is 9.06. The van der Waals surface area contributed by atoms with Crippen molar-refractivity contribution in [2.75, 3.05) is 0 Å². The Labute approximate surface area is 238 Å². The van der Waals surface area contributed by atoms with Crippen LogP contribution in [0.25, 0.3) is 21.5 Å². The minimum Gasteiger partial charge on any atom is -0.373 e.